The fraction of sp³-hybridized carbons (Fsp3) is 0. The lowest BCUT2D eigenvalue weighted by molar-refractivity contribution is 0.484. The zero-order valence-electron chi connectivity index (χ0n) is 27.5. The first-order valence-corrected chi connectivity index (χ1v) is 16.2. The van der Waals surface area contributed by atoms with Crippen molar-refractivity contribution in [3.63, 3.8) is 0 Å². The lowest BCUT2D eigenvalue weighted by Gasteiger charge is -2.16. The summed E-state index contributed by atoms with van der Waals surface area (Å²) in [5.74, 6) is 2.70. The van der Waals surface area contributed by atoms with Crippen LogP contribution in [0.4, 0.5) is 0 Å². The van der Waals surface area contributed by atoms with E-state index in [4.69, 9.17) is 34.2 Å². The van der Waals surface area contributed by atoms with E-state index in [9.17, 15) is 10.5 Å². The zero-order chi connectivity index (χ0) is 36.3. The maximum Gasteiger partial charge on any atom is 0.292 e. The Hall–Kier alpha value is -8.24. The van der Waals surface area contributed by atoms with Crippen molar-refractivity contribution < 1.29 is 23.7 Å². The van der Waals surface area contributed by atoms with E-state index in [1.807, 2.05) is 110 Å². The number of nitriles is 4. The van der Waals surface area contributed by atoms with Gasteiger partial charge in [-0.2, -0.15) is 0 Å². The molecule has 9 heteroatoms. The molecule has 0 aliphatic carbocycles. The third-order valence-electron chi connectivity index (χ3n) is 8.98. The minimum Gasteiger partial charge on any atom is -0.457 e. The number of fused-ring (bicyclic) bond motifs is 4. The number of nitrogens with zero attached hydrogens (tertiary/aromatic N) is 4. The summed E-state index contributed by atoms with van der Waals surface area (Å²) in [7, 11) is 0. The van der Waals surface area contributed by atoms with Gasteiger partial charge in [-0.1, -0.05) is 60.7 Å². The third kappa shape index (κ3) is 6.11. The summed E-state index contributed by atoms with van der Waals surface area (Å²) in [6.45, 7) is 0. The van der Waals surface area contributed by atoms with Crippen molar-refractivity contribution in [2.75, 3.05) is 0 Å². The molecule has 0 fully saturated rings. The van der Waals surface area contributed by atoms with E-state index in [1.165, 1.54) is 0 Å². The number of ether oxygens (including phenoxy) is 5. The lowest BCUT2D eigenvalue weighted by atomic mass is 9.91. The fourth-order valence-corrected chi connectivity index (χ4v) is 6.68. The van der Waals surface area contributed by atoms with Gasteiger partial charge in [0.25, 0.3) is 25.0 Å². The smallest absolute Gasteiger partial charge is 0.292 e. The molecule has 0 spiro atoms. The Kier molecular flexibility index (Phi) is 8.20. The Labute approximate surface area is 302 Å². The van der Waals surface area contributed by atoms with Crippen molar-refractivity contribution in [1.82, 2.24) is 0 Å². The van der Waals surface area contributed by atoms with Crippen molar-refractivity contribution in [2.24, 2.45) is 0 Å². The molecule has 0 amide bonds. The molecule has 9 nitrogen and oxygen atoms in total. The highest BCUT2D eigenvalue weighted by Gasteiger charge is 2.18. The van der Waals surface area contributed by atoms with Gasteiger partial charge in [0.05, 0.1) is 0 Å². The summed E-state index contributed by atoms with van der Waals surface area (Å²) >= 11 is 0. The topological polar surface area (TPSA) is 141 Å². The zero-order valence-corrected chi connectivity index (χ0v) is 27.5. The quantitative estimate of drug-likeness (QED) is 0.143. The summed E-state index contributed by atoms with van der Waals surface area (Å²) in [6.07, 6.45) is 7.06. The highest BCUT2D eigenvalue weighted by Crippen LogP contribution is 2.44. The van der Waals surface area contributed by atoms with Crippen LogP contribution in [-0.2, 0) is 0 Å². The first-order chi connectivity index (χ1) is 26.0. The molecule has 0 heterocycles. The van der Waals surface area contributed by atoms with Gasteiger partial charge in [-0.15, -0.1) is 21.0 Å². The first kappa shape index (κ1) is 32.0. The van der Waals surface area contributed by atoms with Gasteiger partial charge in [0.1, 0.15) is 23.0 Å². The van der Waals surface area contributed by atoms with Crippen molar-refractivity contribution in [3.8, 4) is 81.8 Å². The van der Waals surface area contributed by atoms with E-state index in [0.717, 1.165) is 54.2 Å². The highest BCUT2D eigenvalue weighted by atomic mass is 16.5. The predicted molar refractivity (Wildman–Crippen MR) is 199 cm³/mol. The van der Waals surface area contributed by atoms with E-state index in [2.05, 4.69) is 0 Å². The SMILES string of the molecule is N#COc1ccc2ccc(Oc3ccc4ccc(OC#N)c(-c5ccc6ccc(OC#N)c(-c7ccc8ccc(OC#N)cc8c7)c6c5)c4c3)cc2c1. The molecule has 53 heavy (non-hydrogen) atoms. The van der Waals surface area contributed by atoms with E-state index < -0.39 is 0 Å². The average molecular weight is 687 g/mol. The predicted octanol–water partition coefficient (Wildman–Crippen LogP) is 10.9. The van der Waals surface area contributed by atoms with Gasteiger partial charge < -0.3 is 23.7 Å². The van der Waals surface area contributed by atoms with Crippen LogP contribution in [0.3, 0.4) is 0 Å². The van der Waals surface area contributed by atoms with Crippen LogP contribution in [0, 0.1) is 46.1 Å². The second-order valence-corrected chi connectivity index (χ2v) is 12.0. The summed E-state index contributed by atoms with van der Waals surface area (Å²) in [6, 6.07) is 41.2. The molecule has 8 aromatic rings. The van der Waals surface area contributed by atoms with E-state index in [0.29, 0.717) is 45.6 Å². The first-order valence-electron chi connectivity index (χ1n) is 16.2. The molecule has 0 unspecified atom stereocenters. The fourth-order valence-electron chi connectivity index (χ4n) is 6.68. The van der Waals surface area contributed by atoms with Gasteiger partial charge in [-0.25, -0.2) is 0 Å². The Balaban J connectivity index is 1.28. The normalized spacial score (nSPS) is 10.6. The van der Waals surface area contributed by atoms with Crippen molar-refractivity contribution in [3.05, 3.63) is 133 Å². The van der Waals surface area contributed by atoms with Crippen LogP contribution in [-0.4, -0.2) is 0 Å². The molecule has 0 saturated heterocycles. The molecule has 248 valence electrons. The summed E-state index contributed by atoms with van der Waals surface area (Å²) < 4.78 is 27.5. The molecular weight excluding hydrogens is 665 g/mol. The van der Waals surface area contributed by atoms with Crippen molar-refractivity contribution in [1.29, 1.82) is 21.0 Å². The van der Waals surface area contributed by atoms with Crippen LogP contribution in [0.15, 0.2) is 133 Å². The second kappa shape index (κ2) is 13.6. The molecule has 0 atom stereocenters. The minimum atomic E-state index is 0.355. The molecule has 0 radical (unpaired) electrons. The standard InChI is InChI=1S/C44H22N4O5/c45-23-49-35-11-5-27-1-3-31(17-33(27)18-35)43-39-21-32(4-2-29(39)9-15-41(43)51-25-47)44-40-22-38(14-8-30(40)10-16-42(44)52-26-48)53-37-13-7-28-6-12-36(50-24-46)19-34(28)20-37/h1-22H. The monoisotopic (exact) mass is 686 g/mol. The molecule has 0 bridgehead atoms. The Morgan fingerprint density at radius 1 is 0.321 bits per heavy atom. The second-order valence-electron chi connectivity index (χ2n) is 12.0. The van der Waals surface area contributed by atoms with Crippen LogP contribution in [0.5, 0.6) is 34.5 Å². The van der Waals surface area contributed by atoms with E-state index >= 15 is 0 Å². The largest absolute Gasteiger partial charge is 0.457 e. The molecule has 0 aliphatic rings. The molecule has 8 rings (SSSR count). The van der Waals surface area contributed by atoms with Gasteiger partial charge >= 0.3 is 0 Å². The van der Waals surface area contributed by atoms with E-state index in [1.54, 1.807) is 48.9 Å². The summed E-state index contributed by atoms with van der Waals surface area (Å²) in [5, 5.41) is 44.2. The van der Waals surface area contributed by atoms with Crippen LogP contribution < -0.4 is 23.7 Å². The highest BCUT2D eigenvalue weighted by molar-refractivity contribution is 6.07. The molecular formula is C44H22N4O5. The number of hydrogen-bond acceptors (Lipinski definition) is 9. The average Bonchev–Trinajstić information content (AvgIpc) is 3.17. The summed E-state index contributed by atoms with van der Waals surface area (Å²) in [5.41, 5.74) is 2.89. The Morgan fingerprint density at radius 3 is 1.28 bits per heavy atom. The Bertz CT molecular complexity index is 2950. The van der Waals surface area contributed by atoms with Gasteiger partial charge in [-0.05, 0) is 127 Å². The Morgan fingerprint density at radius 2 is 0.717 bits per heavy atom. The van der Waals surface area contributed by atoms with Gasteiger partial charge in [0.15, 0.2) is 11.5 Å². The lowest BCUT2D eigenvalue weighted by Crippen LogP contribution is -1.93. The van der Waals surface area contributed by atoms with Crippen LogP contribution >= 0.6 is 0 Å². The van der Waals surface area contributed by atoms with Gasteiger partial charge in [-0.3, -0.25) is 0 Å². The third-order valence-corrected chi connectivity index (χ3v) is 8.98. The maximum absolute atomic E-state index is 9.65. The maximum atomic E-state index is 9.65. The van der Waals surface area contributed by atoms with Crippen LogP contribution in [0.1, 0.15) is 0 Å². The molecule has 0 aromatic heterocycles. The molecule has 0 N–H and O–H groups in total. The van der Waals surface area contributed by atoms with Crippen LogP contribution in [0.2, 0.25) is 0 Å². The van der Waals surface area contributed by atoms with Gasteiger partial charge in [0.2, 0.25) is 0 Å². The number of benzene rings is 8. The van der Waals surface area contributed by atoms with Gasteiger partial charge in [0, 0.05) is 11.1 Å². The van der Waals surface area contributed by atoms with E-state index in [-0.39, 0.29) is 0 Å². The van der Waals surface area contributed by atoms with Crippen LogP contribution in [0.25, 0.3) is 65.3 Å². The molecule has 0 saturated carbocycles. The van der Waals surface area contributed by atoms with Crippen molar-refractivity contribution >= 4 is 43.1 Å². The number of hydrogen-bond donors (Lipinski definition) is 0. The number of rotatable bonds is 8. The molecule has 0 aliphatic heterocycles. The van der Waals surface area contributed by atoms with Crippen molar-refractivity contribution in [2.45, 2.75) is 0 Å². The molecule has 8 aromatic carbocycles. The summed E-state index contributed by atoms with van der Waals surface area (Å²) in [4.78, 5) is 0. The minimum absolute atomic E-state index is 0.355.